The number of ether oxygens (including phenoxy) is 1. The molecule has 1 aromatic carbocycles. The number of aliphatic hydroxyl groups excluding tert-OH is 1. The first-order valence-electron chi connectivity index (χ1n) is 7.55. The van der Waals surface area contributed by atoms with Crippen LogP contribution in [0.3, 0.4) is 0 Å². The molecule has 0 saturated heterocycles. The van der Waals surface area contributed by atoms with E-state index in [0.29, 0.717) is 6.61 Å². The van der Waals surface area contributed by atoms with Crippen molar-refractivity contribution in [3.05, 3.63) is 29.8 Å². The van der Waals surface area contributed by atoms with Crippen LogP contribution in [0.15, 0.2) is 24.3 Å². The Balaban J connectivity index is 2.15. The summed E-state index contributed by atoms with van der Waals surface area (Å²) >= 11 is 0. The van der Waals surface area contributed by atoms with E-state index in [4.69, 9.17) is 9.84 Å². The second-order valence-electron chi connectivity index (χ2n) is 4.77. The van der Waals surface area contributed by atoms with Crippen LogP contribution >= 0.6 is 0 Å². The average molecular weight is 280 g/mol. The highest BCUT2D eigenvalue weighted by Gasteiger charge is 1.98. The molecule has 0 heterocycles. The third kappa shape index (κ3) is 6.89. The monoisotopic (exact) mass is 280 g/mol. The molecule has 0 bridgehead atoms. The minimum absolute atomic E-state index is 0.0514. The molecule has 0 aliphatic carbocycles. The van der Waals surface area contributed by atoms with Gasteiger partial charge in [-0.15, -0.1) is 0 Å². The van der Waals surface area contributed by atoms with E-state index < -0.39 is 0 Å². The number of aliphatic hydroxyl groups is 1. The maximum atomic E-state index is 8.69. The highest BCUT2D eigenvalue weighted by molar-refractivity contribution is 5.27. The van der Waals surface area contributed by atoms with Crippen LogP contribution in [0.2, 0.25) is 0 Å². The molecule has 4 heteroatoms. The number of nitrogens with zero attached hydrogens (tertiary/aromatic N) is 1. The summed E-state index contributed by atoms with van der Waals surface area (Å²) in [6.45, 7) is 10.2. The van der Waals surface area contributed by atoms with Gasteiger partial charge in [0.2, 0.25) is 0 Å². The number of benzene rings is 1. The third-order valence-corrected chi connectivity index (χ3v) is 3.33. The number of hydrogen-bond acceptors (Lipinski definition) is 4. The van der Waals surface area contributed by atoms with Crippen LogP contribution in [0.5, 0.6) is 5.75 Å². The van der Waals surface area contributed by atoms with E-state index in [1.165, 1.54) is 12.0 Å². The lowest BCUT2D eigenvalue weighted by molar-refractivity contribution is 0.201. The fraction of sp³-hybridized carbons (Fsp3) is 0.625. The predicted molar refractivity (Wildman–Crippen MR) is 83.1 cm³/mol. The van der Waals surface area contributed by atoms with Crippen molar-refractivity contribution in [1.82, 2.24) is 10.2 Å². The third-order valence-electron chi connectivity index (χ3n) is 3.33. The fourth-order valence-electron chi connectivity index (χ4n) is 2.07. The Morgan fingerprint density at radius 1 is 1.15 bits per heavy atom. The first-order chi connectivity index (χ1) is 9.80. The zero-order valence-electron chi connectivity index (χ0n) is 12.8. The lowest BCUT2D eigenvalue weighted by atomic mass is 10.2. The van der Waals surface area contributed by atoms with Gasteiger partial charge in [-0.3, -0.25) is 0 Å². The van der Waals surface area contributed by atoms with E-state index in [1.54, 1.807) is 0 Å². The summed E-state index contributed by atoms with van der Waals surface area (Å²) in [6.07, 6.45) is 1.18. The average Bonchev–Trinajstić information content (AvgIpc) is 2.50. The van der Waals surface area contributed by atoms with Crippen LogP contribution in [0, 0.1) is 0 Å². The van der Waals surface area contributed by atoms with E-state index in [1.807, 2.05) is 12.1 Å². The summed E-state index contributed by atoms with van der Waals surface area (Å²) in [5, 5.41) is 12.1. The molecular weight excluding hydrogens is 252 g/mol. The quantitative estimate of drug-likeness (QED) is 0.608. The summed E-state index contributed by atoms with van der Waals surface area (Å²) in [7, 11) is 0. The number of rotatable bonds is 11. The molecule has 0 fully saturated rings. The van der Waals surface area contributed by atoms with Crippen LogP contribution < -0.4 is 10.1 Å². The van der Waals surface area contributed by atoms with Gasteiger partial charge >= 0.3 is 0 Å². The van der Waals surface area contributed by atoms with Crippen molar-refractivity contribution in [2.24, 2.45) is 0 Å². The molecule has 1 rings (SSSR count). The summed E-state index contributed by atoms with van der Waals surface area (Å²) in [5.41, 5.74) is 1.25. The van der Waals surface area contributed by atoms with Gasteiger partial charge in [0.25, 0.3) is 0 Å². The Morgan fingerprint density at radius 2 is 1.85 bits per heavy atom. The molecule has 0 aliphatic heterocycles. The molecule has 2 N–H and O–H groups in total. The standard InChI is InChI=1S/C16H28N2O2/c1-3-18(4-2)11-5-10-17-14-15-6-8-16(9-7-15)20-13-12-19/h6-9,17,19H,3-5,10-14H2,1-2H3. The lowest BCUT2D eigenvalue weighted by Crippen LogP contribution is -2.27. The summed E-state index contributed by atoms with van der Waals surface area (Å²) in [6, 6.07) is 8.01. The van der Waals surface area contributed by atoms with Crippen LogP contribution in [-0.2, 0) is 6.54 Å². The van der Waals surface area contributed by atoms with E-state index >= 15 is 0 Å². The van der Waals surface area contributed by atoms with Crippen molar-refractivity contribution < 1.29 is 9.84 Å². The molecule has 4 nitrogen and oxygen atoms in total. The SMILES string of the molecule is CCN(CC)CCCNCc1ccc(OCCO)cc1. The summed E-state index contributed by atoms with van der Waals surface area (Å²) in [5.74, 6) is 0.810. The van der Waals surface area contributed by atoms with Crippen LogP contribution in [-0.4, -0.2) is 49.4 Å². The largest absolute Gasteiger partial charge is 0.491 e. The molecular formula is C16H28N2O2. The maximum absolute atomic E-state index is 8.69. The Bertz CT molecular complexity index is 337. The Hall–Kier alpha value is -1.10. The van der Waals surface area contributed by atoms with E-state index in [9.17, 15) is 0 Å². The smallest absolute Gasteiger partial charge is 0.119 e. The molecule has 0 aliphatic rings. The van der Waals surface area contributed by atoms with Gasteiger partial charge in [0.15, 0.2) is 0 Å². The minimum Gasteiger partial charge on any atom is -0.491 e. The second kappa shape index (κ2) is 10.7. The van der Waals surface area contributed by atoms with Crippen molar-refractivity contribution in [2.45, 2.75) is 26.8 Å². The molecule has 0 unspecified atom stereocenters. The van der Waals surface area contributed by atoms with Gasteiger partial charge in [-0.2, -0.15) is 0 Å². The Kier molecular flexibility index (Phi) is 9.04. The molecule has 0 spiro atoms. The van der Waals surface area contributed by atoms with E-state index in [-0.39, 0.29) is 6.61 Å². The van der Waals surface area contributed by atoms with Gasteiger partial charge in [-0.05, 0) is 50.3 Å². The molecule has 0 radical (unpaired) electrons. The molecule has 0 saturated carbocycles. The number of hydrogen-bond donors (Lipinski definition) is 2. The van der Waals surface area contributed by atoms with Gasteiger partial charge in [-0.1, -0.05) is 26.0 Å². The van der Waals surface area contributed by atoms with Crippen LogP contribution in [0.4, 0.5) is 0 Å². The minimum atomic E-state index is 0.0514. The zero-order valence-corrected chi connectivity index (χ0v) is 12.8. The topological polar surface area (TPSA) is 44.7 Å². The molecule has 114 valence electrons. The first kappa shape index (κ1) is 17.0. The normalized spacial score (nSPS) is 11.0. The first-order valence-corrected chi connectivity index (χ1v) is 7.55. The van der Waals surface area contributed by atoms with Crippen molar-refractivity contribution >= 4 is 0 Å². The van der Waals surface area contributed by atoms with E-state index in [0.717, 1.165) is 38.5 Å². The van der Waals surface area contributed by atoms with Gasteiger partial charge < -0.3 is 20.1 Å². The predicted octanol–water partition coefficient (Wildman–Crippen LogP) is 1.88. The fourth-order valence-corrected chi connectivity index (χ4v) is 2.07. The molecule has 1 aromatic rings. The molecule has 20 heavy (non-hydrogen) atoms. The van der Waals surface area contributed by atoms with Crippen LogP contribution in [0.1, 0.15) is 25.8 Å². The van der Waals surface area contributed by atoms with E-state index in [2.05, 4.69) is 36.2 Å². The highest BCUT2D eigenvalue weighted by atomic mass is 16.5. The summed E-state index contributed by atoms with van der Waals surface area (Å²) in [4.78, 5) is 2.44. The van der Waals surface area contributed by atoms with Crippen LogP contribution in [0.25, 0.3) is 0 Å². The van der Waals surface area contributed by atoms with Crippen molar-refractivity contribution in [2.75, 3.05) is 39.4 Å². The molecule has 0 amide bonds. The lowest BCUT2D eigenvalue weighted by Gasteiger charge is -2.17. The van der Waals surface area contributed by atoms with Gasteiger partial charge in [0, 0.05) is 6.54 Å². The second-order valence-corrected chi connectivity index (χ2v) is 4.77. The molecule has 0 aromatic heterocycles. The van der Waals surface area contributed by atoms with Crippen molar-refractivity contribution in [3.8, 4) is 5.75 Å². The zero-order chi connectivity index (χ0) is 14.6. The van der Waals surface area contributed by atoms with Crippen molar-refractivity contribution in [1.29, 1.82) is 0 Å². The Labute approximate surface area is 122 Å². The summed E-state index contributed by atoms with van der Waals surface area (Å²) < 4.78 is 5.33. The van der Waals surface area contributed by atoms with Gasteiger partial charge in [0.05, 0.1) is 6.61 Å². The highest BCUT2D eigenvalue weighted by Crippen LogP contribution is 2.11. The molecule has 0 atom stereocenters. The Morgan fingerprint density at radius 3 is 2.45 bits per heavy atom. The van der Waals surface area contributed by atoms with Crippen molar-refractivity contribution in [3.63, 3.8) is 0 Å². The van der Waals surface area contributed by atoms with Gasteiger partial charge in [0.1, 0.15) is 12.4 Å². The number of nitrogens with one attached hydrogen (secondary N) is 1. The van der Waals surface area contributed by atoms with Gasteiger partial charge in [-0.25, -0.2) is 0 Å². The maximum Gasteiger partial charge on any atom is 0.119 e.